The van der Waals surface area contributed by atoms with Gasteiger partial charge in [0, 0.05) is 0 Å². The van der Waals surface area contributed by atoms with Crippen LogP contribution in [-0.2, 0) is 23.7 Å². The van der Waals surface area contributed by atoms with Crippen molar-refractivity contribution in [2.45, 2.75) is 31.0 Å². The summed E-state index contributed by atoms with van der Waals surface area (Å²) in [6.45, 7) is 1.04. The Hall–Kier alpha value is -5.28. The molecule has 5 rings (SSSR count). The topological polar surface area (TPSA) is 114 Å². The third kappa shape index (κ3) is 6.79. The third-order valence-corrected chi connectivity index (χ3v) is 6.85. The highest BCUT2D eigenvalue weighted by Crippen LogP contribution is 2.39. The van der Waals surface area contributed by atoms with E-state index in [4.69, 9.17) is 23.7 Å². The summed E-state index contributed by atoms with van der Waals surface area (Å²) in [6, 6.07) is 32.8. The Morgan fingerprint density at radius 3 is 1.44 bits per heavy atom. The number of hydrogen-bond acceptors (Lipinski definition) is 9. The summed E-state index contributed by atoms with van der Waals surface area (Å²) in [5, 5.41) is 0. The zero-order chi connectivity index (χ0) is 30.2. The first kappa shape index (κ1) is 29.2. The quantitative estimate of drug-likeness (QED) is 0.193. The molecule has 4 atom stereocenters. The molecule has 0 radical (unpaired) electrons. The minimum absolute atomic E-state index is 0.212. The van der Waals surface area contributed by atoms with Gasteiger partial charge in [-0.1, -0.05) is 72.8 Å². The lowest BCUT2D eigenvalue weighted by Gasteiger charge is -2.33. The average Bonchev–Trinajstić information content (AvgIpc) is 3.30. The highest BCUT2D eigenvalue weighted by molar-refractivity contribution is 5.91. The standard InChI is InChI=1S/C34H28O9/c1-34(43-32(38)26-20-12-5-13-21-26)28(41-30(36)24-16-8-3-9-17-24)27(22-39-29(35)23-14-6-2-7-15-23)40-33(34)42-31(37)25-18-10-4-11-19-25/h2-21,27-28,33H,22H2,1H3/t27-,28-,33+,34-/m0/s1. The fourth-order valence-electron chi connectivity index (χ4n) is 4.58. The molecule has 0 bridgehead atoms. The molecule has 0 saturated carbocycles. The van der Waals surface area contributed by atoms with Crippen LogP contribution in [0.5, 0.6) is 0 Å². The van der Waals surface area contributed by atoms with Crippen LogP contribution in [0.3, 0.4) is 0 Å². The predicted molar refractivity (Wildman–Crippen MR) is 153 cm³/mol. The molecule has 1 heterocycles. The second kappa shape index (κ2) is 13.1. The van der Waals surface area contributed by atoms with Crippen LogP contribution in [0, 0.1) is 0 Å². The zero-order valence-electron chi connectivity index (χ0n) is 23.2. The van der Waals surface area contributed by atoms with Crippen molar-refractivity contribution < 1.29 is 42.9 Å². The number of carbonyl (C=O) groups excluding carboxylic acids is 4. The molecule has 9 heteroatoms. The van der Waals surface area contributed by atoms with Crippen molar-refractivity contribution in [2.24, 2.45) is 0 Å². The molecule has 0 spiro atoms. The molecule has 4 aromatic rings. The van der Waals surface area contributed by atoms with E-state index in [1.54, 1.807) is 121 Å². The maximum absolute atomic E-state index is 13.3. The maximum Gasteiger partial charge on any atom is 0.340 e. The fourth-order valence-corrected chi connectivity index (χ4v) is 4.58. The monoisotopic (exact) mass is 580 g/mol. The lowest BCUT2D eigenvalue weighted by atomic mass is 9.96. The van der Waals surface area contributed by atoms with Crippen LogP contribution in [0.4, 0.5) is 0 Å². The molecule has 1 aliphatic rings. The molecule has 1 saturated heterocycles. The van der Waals surface area contributed by atoms with Gasteiger partial charge in [-0.05, 0) is 55.5 Å². The van der Waals surface area contributed by atoms with Crippen LogP contribution in [0.1, 0.15) is 48.4 Å². The van der Waals surface area contributed by atoms with E-state index < -0.39 is 54.6 Å². The first-order chi connectivity index (χ1) is 20.8. The summed E-state index contributed by atoms with van der Waals surface area (Å²) >= 11 is 0. The smallest absolute Gasteiger partial charge is 0.340 e. The van der Waals surface area contributed by atoms with Gasteiger partial charge in [-0.2, -0.15) is 0 Å². The lowest BCUT2D eigenvalue weighted by molar-refractivity contribution is -0.175. The van der Waals surface area contributed by atoms with Crippen molar-refractivity contribution in [1.82, 2.24) is 0 Å². The molecule has 9 nitrogen and oxygen atoms in total. The van der Waals surface area contributed by atoms with E-state index >= 15 is 0 Å². The van der Waals surface area contributed by atoms with Crippen molar-refractivity contribution in [1.29, 1.82) is 0 Å². The van der Waals surface area contributed by atoms with Crippen LogP contribution in [0.2, 0.25) is 0 Å². The summed E-state index contributed by atoms with van der Waals surface area (Å²) in [5.41, 5.74) is -0.901. The van der Waals surface area contributed by atoms with Gasteiger partial charge in [-0.25, -0.2) is 19.2 Å². The summed E-state index contributed by atoms with van der Waals surface area (Å²) in [7, 11) is 0. The maximum atomic E-state index is 13.3. The van der Waals surface area contributed by atoms with Crippen molar-refractivity contribution in [3.8, 4) is 0 Å². The van der Waals surface area contributed by atoms with Gasteiger partial charge in [-0.3, -0.25) is 0 Å². The number of ether oxygens (including phenoxy) is 5. The van der Waals surface area contributed by atoms with E-state index in [9.17, 15) is 19.2 Å². The second-order valence-electron chi connectivity index (χ2n) is 9.87. The first-order valence-electron chi connectivity index (χ1n) is 13.5. The Labute approximate surface area is 247 Å². The van der Waals surface area contributed by atoms with Crippen LogP contribution in [-0.4, -0.2) is 54.6 Å². The largest absolute Gasteiger partial charge is 0.459 e. The van der Waals surface area contributed by atoms with Gasteiger partial charge in [0.15, 0.2) is 6.10 Å². The number of esters is 4. The number of benzene rings is 4. The van der Waals surface area contributed by atoms with Crippen LogP contribution in [0.25, 0.3) is 0 Å². The Bertz CT molecular complexity index is 1560. The Kier molecular flexibility index (Phi) is 8.93. The van der Waals surface area contributed by atoms with E-state index in [1.165, 1.54) is 6.92 Å². The molecular formula is C34H28O9. The molecule has 0 N–H and O–H groups in total. The van der Waals surface area contributed by atoms with Crippen LogP contribution in [0.15, 0.2) is 121 Å². The van der Waals surface area contributed by atoms with Crippen LogP contribution < -0.4 is 0 Å². The minimum Gasteiger partial charge on any atom is -0.459 e. The van der Waals surface area contributed by atoms with E-state index in [2.05, 4.69) is 0 Å². The van der Waals surface area contributed by atoms with E-state index in [0.29, 0.717) is 5.56 Å². The number of carbonyl (C=O) groups is 4. The molecule has 0 aliphatic carbocycles. The van der Waals surface area contributed by atoms with Crippen molar-refractivity contribution in [2.75, 3.05) is 6.61 Å². The SMILES string of the molecule is C[C@@]1(OC(=O)c2ccccc2)[C@@H](OC(=O)c2ccccc2)O[C@@H](COC(=O)c2ccccc2)[C@@H]1OC(=O)c1ccccc1. The van der Waals surface area contributed by atoms with Crippen molar-refractivity contribution in [3.63, 3.8) is 0 Å². The van der Waals surface area contributed by atoms with E-state index in [1.807, 2.05) is 0 Å². The Morgan fingerprint density at radius 2 is 0.977 bits per heavy atom. The fraction of sp³-hybridized carbons (Fsp3) is 0.176. The van der Waals surface area contributed by atoms with Crippen molar-refractivity contribution in [3.05, 3.63) is 144 Å². The molecule has 4 aromatic carbocycles. The molecular weight excluding hydrogens is 552 g/mol. The summed E-state index contributed by atoms with van der Waals surface area (Å²) in [6.07, 6.45) is -4.07. The molecule has 0 aromatic heterocycles. The van der Waals surface area contributed by atoms with Gasteiger partial charge in [0.05, 0.1) is 22.3 Å². The number of hydrogen-bond donors (Lipinski definition) is 0. The van der Waals surface area contributed by atoms with Gasteiger partial charge < -0.3 is 23.7 Å². The van der Waals surface area contributed by atoms with Gasteiger partial charge in [0.2, 0.25) is 11.9 Å². The highest BCUT2D eigenvalue weighted by Gasteiger charge is 2.61. The first-order valence-corrected chi connectivity index (χ1v) is 13.5. The van der Waals surface area contributed by atoms with Crippen molar-refractivity contribution >= 4 is 23.9 Å². The van der Waals surface area contributed by atoms with Crippen LogP contribution >= 0.6 is 0 Å². The lowest BCUT2D eigenvalue weighted by Crippen LogP contribution is -2.53. The van der Waals surface area contributed by atoms with Gasteiger partial charge >= 0.3 is 23.9 Å². The van der Waals surface area contributed by atoms with E-state index in [-0.39, 0.29) is 16.7 Å². The van der Waals surface area contributed by atoms with Gasteiger partial charge in [-0.15, -0.1) is 0 Å². The second-order valence-corrected chi connectivity index (χ2v) is 9.87. The molecule has 1 fully saturated rings. The summed E-state index contributed by atoms with van der Waals surface area (Å²) in [5.74, 6) is -2.92. The minimum atomic E-state index is -1.86. The third-order valence-electron chi connectivity index (χ3n) is 6.85. The summed E-state index contributed by atoms with van der Waals surface area (Å²) in [4.78, 5) is 52.5. The summed E-state index contributed by atoms with van der Waals surface area (Å²) < 4.78 is 29.1. The number of rotatable bonds is 9. The normalized spacial score (nSPS) is 20.9. The van der Waals surface area contributed by atoms with E-state index in [0.717, 1.165) is 0 Å². The molecule has 0 unspecified atom stereocenters. The molecule has 43 heavy (non-hydrogen) atoms. The molecule has 1 aliphatic heterocycles. The molecule has 218 valence electrons. The average molecular weight is 581 g/mol. The van der Waals surface area contributed by atoms with Gasteiger partial charge in [0.1, 0.15) is 12.7 Å². The molecule has 0 amide bonds. The predicted octanol–water partition coefficient (Wildman–Crippen LogP) is 5.27. The zero-order valence-corrected chi connectivity index (χ0v) is 23.2. The Balaban J connectivity index is 1.48. The highest BCUT2D eigenvalue weighted by atomic mass is 16.8. The Morgan fingerprint density at radius 1 is 0.581 bits per heavy atom. The van der Waals surface area contributed by atoms with Gasteiger partial charge in [0.25, 0.3) is 0 Å².